The molecule has 0 N–H and O–H groups in total. The van der Waals surface area contributed by atoms with Gasteiger partial charge in [0.25, 0.3) is 5.82 Å². The zero-order chi connectivity index (χ0) is 26.9. The number of fused-ring (bicyclic) bond motifs is 2. The lowest BCUT2D eigenvalue weighted by atomic mass is 9.77. The van der Waals surface area contributed by atoms with Gasteiger partial charge in [-0.3, -0.25) is 0 Å². The summed E-state index contributed by atoms with van der Waals surface area (Å²) in [5, 5.41) is 7.69. The van der Waals surface area contributed by atoms with Gasteiger partial charge in [0.1, 0.15) is 16.7 Å². The molecule has 2 heterocycles. The van der Waals surface area contributed by atoms with Gasteiger partial charge in [-0.15, -0.1) is 4.98 Å². The summed E-state index contributed by atoms with van der Waals surface area (Å²) in [5.74, 6) is 0.346. The van der Waals surface area contributed by atoms with Gasteiger partial charge in [-0.25, -0.2) is 4.68 Å². The number of hydrogen-bond acceptors (Lipinski definition) is 2. The Morgan fingerprint density at radius 3 is 1.70 bits per heavy atom. The molecule has 0 aliphatic rings. The first-order valence-electron chi connectivity index (χ1n) is 13.2. The maximum absolute atomic E-state index is 7.67. The topological polar surface area (TPSA) is 35.1 Å². The van der Waals surface area contributed by atoms with E-state index in [2.05, 4.69) is 113 Å². The van der Waals surface area contributed by atoms with E-state index >= 15 is 0 Å². The SMILES string of the molecule is [C-]#[N+]c1ccc2c(n1)c(-c1ccc3ccccc3c1)nn2C(c1ccccc1)(c1ccccc1)c1ccccc1. The first-order chi connectivity index (χ1) is 19.8. The van der Waals surface area contributed by atoms with Gasteiger partial charge in [0, 0.05) is 5.56 Å². The summed E-state index contributed by atoms with van der Waals surface area (Å²) in [6, 6.07) is 49.9. The van der Waals surface area contributed by atoms with Crippen LogP contribution in [-0.2, 0) is 5.54 Å². The second-order valence-electron chi connectivity index (χ2n) is 9.78. The third-order valence-electron chi connectivity index (χ3n) is 7.54. The summed E-state index contributed by atoms with van der Waals surface area (Å²) >= 11 is 0. The zero-order valence-electron chi connectivity index (χ0n) is 21.6. The number of rotatable bonds is 5. The van der Waals surface area contributed by atoms with Crippen molar-refractivity contribution < 1.29 is 0 Å². The van der Waals surface area contributed by atoms with Gasteiger partial charge in [0.15, 0.2) is 0 Å². The van der Waals surface area contributed by atoms with E-state index in [0.29, 0.717) is 11.3 Å². The van der Waals surface area contributed by atoms with E-state index in [1.54, 1.807) is 6.07 Å². The van der Waals surface area contributed by atoms with Crippen molar-refractivity contribution in [2.75, 3.05) is 0 Å². The number of benzene rings is 5. The lowest BCUT2D eigenvalue weighted by Gasteiger charge is -2.36. The molecule has 7 rings (SSSR count). The van der Waals surface area contributed by atoms with E-state index in [0.717, 1.165) is 44.2 Å². The highest BCUT2D eigenvalue weighted by atomic mass is 15.3. The molecule has 0 aliphatic carbocycles. The Kier molecular flexibility index (Phi) is 5.69. The van der Waals surface area contributed by atoms with E-state index in [-0.39, 0.29) is 0 Å². The molecular formula is C36H24N4. The molecule has 0 amide bonds. The first-order valence-corrected chi connectivity index (χ1v) is 13.2. The van der Waals surface area contributed by atoms with Crippen LogP contribution in [-0.4, -0.2) is 14.8 Å². The zero-order valence-corrected chi connectivity index (χ0v) is 21.6. The number of nitrogens with zero attached hydrogens (tertiary/aromatic N) is 4. The van der Waals surface area contributed by atoms with E-state index in [4.69, 9.17) is 16.7 Å². The minimum atomic E-state index is -0.793. The van der Waals surface area contributed by atoms with Crippen molar-refractivity contribution in [3.63, 3.8) is 0 Å². The Morgan fingerprint density at radius 1 is 0.575 bits per heavy atom. The monoisotopic (exact) mass is 512 g/mol. The van der Waals surface area contributed by atoms with Crippen LogP contribution in [0.5, 0.6) is 0 Å². The summed E-state index contributed by atoms with van der Waals surface area (Å²) in [4.78, 5) is 8.48. The van der Waals surface area contributed by atoms with Crippen LogP contribution < -0.4 is 0 Å². The maximum Gasteiger partial charge on any atom is 0.270 e. The summed E-state index contributed by atoms with van der Waals surface area (Å²) in [6.07, 6.45) is 0. The third kappa shape index (κ3) is 3.68. The largest absolute Gasteiger partial charge is 0.361 e. The summed E-state index contributed by atoms with van der Waals surface area (Å²) in [5.41, 5.74) is 5.71. The molecule has 0 saturated heterocycles. The Labute approximate surface area is 232 Å². The van der Waals surface area contributed by atoms with Crippen molar-refractivity contribution in [3.05, 3.63) is 174 Å². The van der Waals surface area contributed by atoms with E-state index < -0.39 is 5.54 Å². The molecule has 40 heavy (non-hydrogen) atoms. The standard InChI is InChI=1S/C36H24N4/c1-37-33-24-23-32-35(38-33)34(28-22-21-26-13-11-12-14-27(26)25-28)39-40(32)36(29-15-5-2-6-16-29,30-17-7-3-8-18-30)31-19-9-4-10-20-31/h2-25H. The molecule has 0 aliphatic heterocycles. The van der Waals surface area contributed by atoms with Crippen molar-refractivity contribution in [2.45, 2.75) is 5.54 Å². The van der Waals surface area contributed by atoms with Crippen LogP contribution in [0, 0.1) is 6.57 Å². The summed E-state index contributed by atoms with van der Waals surface area (Å²) < 4.78 is 2.10. The average molecular weight is 513 g/mol. The first kappa shape index (κ1) is 23.6. The van der Waals surface area contributed by atoms with Crippen molar-refractivity contribution in [2.24, 2.45) is 0 Å². The van der Waals surface area contributed by atoms with Gasteiger partial charge in [-0.2, -0.15) is 5.10 Å². The molecule has 0 saturated carbocycles. The van der Waals surface area contributed by atoms with Gasteiger partial charge in [-0.1, -0.05) is 134 Å². The van der Waals surface area contributed by atoms with Gasteiger partial charge in [0.2, 0.25) is 5.52 Å². The normalized spacial score (nSPS) is 11.5. The van der Waals surface area contributed by atoms with E-state index in [9.17, 15) is 0 Å². The fourth-order valence-electron chi connectivity index (χ4n) is 5.74. The lowest BCUT2D eigenvalue weighted by Crippen LogP contribution is -2.38. The second kappa shape index (κ2) is 9.65. The van der Waals surface area contributed by atoms with E-state index in [1.807, 2.05) is 36.4 Å². The molecule has 0 bridgehead atoms. The van der Waals surface area contributed by atoms with Crippen LogP contribution in [0.4, 0.5) is 5.82 Å². The second-order valence-corrected chi connectivity index (χ2v) is 9.78. The minimum Gasteiger partial charge on any atom is -0.361 e. The Balaban J connectivity index is 1.63. The van der Waals surface area contributed by atoms with Crippen LogP contribution >= 0.6 is 0 Å². The Morgan fingerprint density at radius 2 is 1.12 bits per heavy atom. The molecule has 0 spiro atoms. The molecule has 0 unspecified atom stereocenters. The Hall–Kier alpha value is -5.53. The molecule has 0 fully saturated rings. The fraction of sp³-hybridized carbons (Fsp3) is 0.0278. The average Bonchev–Trinajstić information content (AvgIpc) is 3.42. The van der Waals surface area contributed by atoms with Gasteiger partial charge in [-0.05, 0) is 45.7 Å². The van der Waals surface area contributed by atoms with Crippen molar-refractivity contribution >= 4 is 27.6 Å². The highest BCUT2D eigenvalue weighted by Crippen LogP contribution is 2.44. The van der Waals surface area contributed by atoms with Gasteiger partial charge >= 0.3 is 0 Å². The highest BCUT2D eigenvalue weighted by Gasteiger charge is 2.41. The van der Waals surface area contributed by atoms with Crippen molar-refractivity contribution in [1.82, 2.24) is 14.8 Å². The number of aromatic nitrogens is 3. The molecule has 0 atom stereocenters. The molecule has 2 aromatic heterocycles. The Bertz CT molecular complexity index is 1910. The van der Waals surface area contributed by atoms with Crippen LogP contribution in [0.25, 0.3) is 37.9 Å². The predicted octanol–water partition coefficient (Wildman–Crippen LogP) is 8.64. The van der Waals surface area contributed by atoms with Gasteiger partial charge < -0.3 is 4.85 Å². The molecule has 0 radical (unpaired) electrons. The minimum absolute atomic E-state index is 0.346. The van der Waals surface area contributed by atoms with Gasteiger partial charge in [0.05, 0.1) is 0 Å². The highest BCUT2D eigenvalue weighted by molar-refractivity contribution is 5.95. The van der Waals surface area contributed by atoms with Crippen molar-refractivity contribution in [3.8, 4) is 11.3 Å². The number of pyridine rings is 1. The fourth-order valence-corrected chi connectivity index (χ4v) is 5.74. The third-order valence-corrected chi connectivity index (χ3v) is 7.54. The maximum atomic E-state index is 7.67. The summed E-state index contributed by atoms with van der Waals surface area (Å²) in [6.45, 7) is 7.67. The molecule has 188 valence electrons. The van der Waals surface area contributed by atoms with Crippen LogP contribution in [0.3, 0.4) is 0 Å². The molecule has 4 nitrogen and oxygen atoms in total. The predicted molar refractivity (Wildman–Crippen MR) is 161 cm³/mol. The van der Waals surface area contributed by atoms with Crippen LogP contribution in [0.1, 0.15) is 16.7 Å². The van der Waals surface area contributed by atoms with Crippen molar-refractivity contribution in [1.29, 1.82) is 0 Å². The smallest absolute Gasteiger partial charge is 0.270 e. The quantitative estimate of drug-likeness (QED) is 0.171. The van der Waals surface area contributed by atoms with E-state index in [1.165, 1.54) is 0 Å². The molecule has 7 aromatic rings. The molecule has 5 aromatic carbocycles. The molecular weight excluding hydrogens is 488 g/mol. The lowest BCUT2D eigenvalue weighted by molar-refractivity contribution is 0.477. The van der Waals surface area contributed by atoms with Crippen LogP contribution in [0.15, 0.2) is 146 Å². The summed E-state index contributed by atoms with van der Waals surface area (Å²) in [7, 11) is 0. The number of hydrogen-bond donors (Lipinski definition) is 0. The van der Waals surface area contributed by atoms with Crippen LogP contribution in [0.2, 0.25) is 0 Å². The molecule has 4 heteroatoms.